The highest BCUT2D eigenvalue weighted by atomic mass is 19.1. The van der Waals surface area contributed by atoms with Crippen LogP contribution in [0.2, 0.25) is 0 Å². The van der Waals surface area contributed by atoms with E-state index in [-0.39, 0.29) is 11.8 Å². The van der Waals surface area contributed by atoms with Crippen LogP contribution in [0.4, 0.5) is 10.3 Å². The number of fused-ring (bicyclic) bond motifs is 2. The van der Waals surface area contributed by atoms with Crippen LogP contribution >= 0.6 is 0 Å². The fraction of sp³-hybridized carbons (Fsp3) is 0.0500. The summed E-state index contributed by atoms with van der Waals surface area (Å²) >= 11 is 0. The molecular formula is C20H15FN6. The SMILES string of the molecule is Cn1cc(-c2nnc(N)nc2-c2c[nH]c3ccccc23)c2cc(F)ccc21. The fourth-order valence-corrected chi connectivity index (χ4v) is 3.53. The number of anilines is 1. The molecule has 5 aromatic rings. The molecule has 0 spiro atoms. The number of nitrogens with two attached hydrogens (primary N) is 1. The number of benzene rings is 2. The van der Waals surface area contributed by atoms with E-state index in [4.69, 9.17) is 5.73 Å². The van der Waals surface area contributed by atoms with Gasteiger partial charge in [-0.2, -0.15) is 0 Å². The summed E-state index contributed by atoms with van der Waals surface area (Å²) in [5, 5.41) is 10.0. The maximum Gasteiger partial charge on any atom is 0.240 e. The summed E-state index contributed by atoms with van der Waals surface area (Å²) in [6, 6.07) is 12.6. The number of aromatic amines is 1. The summed E-state index contributed by atoms with van der Waals surface area (Å²) in [6.07, 6.45) is 3.79. The van der Waals surface area contributed by atoms with Gasteiger partial charge >= 0.3 is 0 Å². The number of hydrogen-bond donors (Lipinski definition) is 2. The average molecular weight is 358 g/mol. The third-order valence-corrected chi connectivity index (χ3v) is 4.75. The van der Waals surface area contributed by atoms with Gasteiger partial charge in [0.05, 0.1) is 0 Å². The molecule has 0 bridgehead atoms. The first kappa shape index (κ1) is 15.5. The normalized spacial score (nSPS) is 11.5. The number of hydrogen-bond acceptors (Lipinski definition) is 4. The van der Waals surface area contributed by atoms with Crippen LogP contribution in [-0.4, -0.2) is 24.7 Å². The first-order valence-corrected chi connectivity index (χ1v) is 8.43. The van der Waals surface area contributed by atoms with Gasteiger partial charge in [-0.3, -0.25) is 0 Å². The molecule has 0 amide bonds. The third-order valence-electron chi connectivity index (χ3n) is 4.75. The quantitative estimate of drug-likeness (QED) is 0.501. The topological polar surface area (TPSA) is 85.4 Å². The van der Waals surface area contributed by atoms with E-state index < -0.39 is 0 Å². The van der Waals surface area contributed by atoms with Crippen molar-refractivity contribution in [3.05, 3.63) is 60.7 Å². The zero-order valence-corrected chi connectivity index (χ0v) is 14.4. The maximum atomic E-state index is 13.9. The second-order valence-corrected chi connectivity index (χ2v) is 6.43. The van der Waals surface area contributed by atoms with Crippen LogP contribution < -0.4 is 5.73 Å². The van der Waals surface area contributed by atoms with E-state index in [1.165, 1.54) is 12.1 Å². The van der Waals surface area contributed by atoms with Crippen molar-refractivity contribution in [2.75, 3.05) is 5.73 Å². The number of aromatic nitrogens is 5. The standard InChI is InChI=1S/C20H15FN6/c1-27-10-15(13-8-11(21)6-7-17(13)27)19-18(24-20(22)26-25-19)14-9-23-16-5-3-2-4-12(14)16/h2-10,23H,1H3,(H2,22,24,26). The lowest BCUT2D eigenvalue weighted by molar-refractivity contribution is 0.629. The number of halogens is 1. The molecule has 0 saturated heterocycles. The Balaban J connectivity index is 1.84. The minimum atomic E-state index is -0.306. The van der Waals surface area contributed by atoms with E-state index in [0.717, 1.165) is 32.9 Å². The lowest BCUT2D eigenvalue weighted by Gasteiger charge is -2.06. The smallest absolute Gasteiger partial charge is 0.240 e. The highest BCUT2D eigenvalue weighted by molar-refractivity contribution is 6.02. The number of rotatable bonds is 2. The molecule has 6 nitrogen and oxygen atoms in total. The van der Waals surface area contributed by atoms with Crippen molar-refractivity contribution in [1.82, 2.24) is 24.7 Å². The molecule has 0 aliphatic rings. The first-order chi connectivity index (χ1) is 13.1. The summed E-state index contributed by atoms with van der Waals surface area (Å²) in [5.41, 5.74) is 10.5. The zero-order valence-electron chi connectivity index (χ0n) is 14.4. The van der Waals surface area contributed by atoms with Crippen LogP contribution in [0.5, 0.6) is 0 Å². The molecule has 0 saturated carbocycles. The van der Waals surface area contributed by atoms with Crippen molar-refractivity contribution in [3.8, 4) is 22.5 Å². The van der Waals surface area contributed by atoms with E-state index in [1.54, 1.807) is 6.07 Å². The van der Waals surface area contributed by atoms with Gasteiger partial charge in [0.2, 0.25) is 5.95 Å². The van der Waals surface area contributed by atoms with Gasteiger partial charge in [-0.05, 0) is 24.3 Å². The molecule has 0 fully saturated rings. The van der Waals surface area contributed by atoms with Crippen LogP contribution in [0.3, 0.4) is 0 Å². The predicted octanol–water partition coefficient (Wildman–Crippen LogP) is 3.90. The Hall–Kier alpha value is -3.74. The number of nitrogens with one attached hydrogen (secondary N) is 1. The van der Waals surface area contributed by atoms with Crippen LogP contribution in [0.25, 0.3) is 44.3 Å². The molecule has 7 heteroatoms. The maximum absolute atomic E-state index is 13.9. The minimum absolute atomic E-state index is 0.0884. The van der Waals surface area contributed by atoms with Crippen molar-refractivity contribution in [2.45, 2.75) is 0 Å². The number of aryl methyl sites for hydroxylation is 1. The Morgan fingerprint density at radius 2 is 1.85 bits per heavy atom. The fourth-order valence-electron chi connectivity index (χ4n) is 3.53. The van der Waals surface area contributed by atoms with Gasteiger partial charge < -0.3 is 15.3 Å². The van der Waals surface area contributed by atoms with E-state index in [9.17, 15) is 4.39 Å². The molecule has 0 aliphatic heterocycles. The molecule has 0 atom stereocenters. The number of para-hydroxylation sites is 1. The van der Waals surface area contributed by atoms with Gasteiger partial charge in [0.25, 0.3) is 0 Å². The molecule has 27 heavy (non-hydrogen) atoms. The zero-order chi connectivity index (χ0) is 18.5. The summed E-state index contributed by atoms with van der Waals surface area (Å²) in [6.45, 7) is 0. The molecule has 0 radical (unpaired) electrons. The van der Waals surface area contributed by atoms with Crippen molar-refractivity contribution >= 4 is 27.8 Å². The van der Waals surface area contributed by atoms with Gasteiger partial charge in [0.15, 0.2) is 0 Å². The Morgan fingerprint density at radius 3 is 2.74 bits per heavy atom. The van der Waals surface area contributed by atoms with Crippen LogP contribution in [-0.2, 0) is 7.05 Å². The summed E-state index contributed by atoms with van der Waals surface area (Å²) in [5.74, 6) is -0.217. The molecule has 132 valence electrons. The van der Waals surface area contributed by atoms with Crippen molar-refractivity contribution in [2.24, 2.45) is 7.05 Å². The van der Waals surface area contributed by atoms with Crippen LogP contribution in [0.15, 0.2) is 54.9 Å². The highest BCUT2D eigenvalue weighted by Gasteiger charge is 2.20. The molecular weight excluding hydrogens is 343 g/mol. The van der Waals surface area contributed by atoms with E-state index in [2.05, 4.69) is 20.2 Å². The van der Waals surface area contributed by atoms with Gasteiger partial charge in [-0.1, -0.05) is 18.2 Å². The molecule has 3 heterocycles. The van der Waals surface area contributed by atoms with E-state index in [0.29, 0.717) is 11.4 Å². The number of nitrogen functional groups attached to an aromatic ring is 1. The Bertz CT molecular complexity index is 1320. The lowest BCUT2D eigenvalue weighted by Crippen LogP contribution is -2.02. The summed E-state index contributed by atoms with van der Waals surface area (Å²) in [4.78, 5) is 7.70. The minimum Gasteiger partial charge on any atom is -0.366 e. The predicted molar refractivity (Wildman–Crippen MR) is 103 cm³/mol. The van der Waals surface area contributed by atoms with Gasteiger partial charge in [0, 0.05) is 52.4 Å². The molecule has 3 N–H and O–H groups in total. The van der Waals surface area contributed by atoms with Crippen molar-refractivity contribution in [3.63, 3.8) is 0 Å². The Kier molecular flexibility index (Phi) is 3.24. The number of nitrogens with zero attached hydrogens (tertiary/aromatic N) is 4. The largest absolute Gasteiger partial charge is 0.366 e. The monoisotopic (exact) mass is 358 g/mol. The van der Waals surface area contributed by atoms with Crippen LogP contribution in [0.1, 0.15) is 0 Å². The van der Waals surface area contributed by atoms with Gasteiger partial charge in [-0.25, -0.2) is 9.37 Å². The second-order valence-electron chi connectivity index (χ2n) is 6.43. The Labute approximate surface area is 153 Å². The van der Waals surface area contributed by atoms with Crippen molar-refractivity contribution in [1.29, 1.82) is 0 Å². The number of H-pyrrole nitrogens is 1. The Morgan fingerprint density at radius 1 is 1.00 bits per heavy atom. The average Bonchev–Trinajstić information content (AvgIpc) is 3.23. The van der Waals surface area contributed by atoms with Gasteiger partial charge in [0.1, 0.15) is 17.2 Å². The second kappa shape index (κ2) is 5.63. The third kappa shape index (κ3) is 2.36. The lowest BCUT2D eigenvalue weighted by atomic mass is 10.0. The van der Waals surface area contributed by atoms with E-state index in [1.807, 2.05) is 48.3 Å². The molecule has 2 aromatic carbocycles. The van der Waals surface area contributed by atoms with Gasteiger partial charge in [-0.15, -0.1) is 10.2 Å². The van der Waals surface area contributed by atoms with Crippen molar-refractivity contribution < 1.29 is 4.39 Å². The summed E-state index contributed by atoms with van der Waals surface area (Å²) in [7, 11) is 1.91. The van der Waals surface area contributed by atoms with Crippen LogP contribution in [0, 0.1) is 5.82 Å². The van der Waals surface area contributed by atoms with E-state index >= 15 is 0 Å². The first-order valence-electron chi connectivity index (χ1n) is 8.43. The molecule has 5 rings (SSSR count). The molecule has 0 unspecified atom stereocenters. The summed E-state index contributed by atoms with van der Waals surface area (Å²) < 4.78 is 15.8. The highest BCUT2D eigenvalue weighted by Crippen LogP contribution is 2.37. The molecule has 0 aliphatic carbocycles. The molecule has 3 aromatic heterocycles.